The standard InChI is InChI=1S/C19H23ClN2/c1-21-11-17-13-22(12-15-5-3-2-4-6-15)14-19(17)16-7-9-18(20)10-8-16/h2-10,17,19,21H,11-14H2,1H3/t17-,19+/m0/s1. The van der Waals surface area contributed by atoms with Crippen molar-refractivity contribution in [1.82, 2.24) is 10.2 Å². The van der Waals surface area contributed by atoms with Gasteiger partial charge in [0.05, 0.1) is 0 Å². The minimum absolute atomic E-state index is 0.577. The lowest BCUT2D eigenvalue weighted by Crippen LogP contribution is -2.25. The van der Waals surface area contributed by atoms with Gasteiger partial charge in [-0.05, 0) is 42.8 Å². The number of benzene rings is 2. The zero-order chi connectivity index (χ0) is 15.4. The molecule has 0 amide bonds. The number of hydrogen-bond acceptors (Lipinski definition) is 2. The Balaban J connectivity index is 1.73. The number of hydrogen-bond donors (Lipinski definition) is 1. The van der Waals surface area contributed by atoms with Crippen molar-refractivity contribution in [3.05, 3.63) is 70.7 Å². The molecule has 0 unspecified atom stereocenters. The molecular weight excluding hydrogens is 292 g/mol. The molecule has 2 aromatic rings. The molecule has 3 rings (SSSR count). The predicted molar refractivity (Wildman–Crippen MR) is 93.3 cm³/mol. The zero-order valence-corrected chi connectivity index (χ0v) is 13.8. The van der Waals surface area contributed by atoms with Gasteiger partial charge in [-0.1, -0.05) is 54.1 Å². The van der Waals surface area contributed by atoms with Crippen molar-refractivity contribution in [3.8, 4) is 0 Å². The molecule has 116 valence electrons. The van der Waals surface area contributed by atoms with Gasteiger partial charge in [0.15, 0.2) is 0 Å². The van der Waals surface area contributed by atoms with Crippen LogP contribution in [0.1, 0.15) is 17.0 Å². The third-order valence-corrected chi connectivity index (χ3v) is 4.78. The van der Waals surface area contributed by atoms with E-state index in [0.717, 1.165) is 31.2 Å². The molecule has 1 fully saturated rings. The average molecular weight is 315 g/mol. The molecule has 1 saturated heterocycles. The highest BCUT2D eigenvalue weighted by molar-refractivity contribution is 6.30. The topological polar surface area (TPSA) is 15.3 Å². The van der Waals surface area contributed by atoms with Crippen LogP contribution in [0.25, 0.3) is 0 Å². The van der Waals surface area contributed by atoms with Crippen molar-refractivity contribution < 1.29 is 0 Å². The Bertz CT molecular complexity index is 582. The predicted octanol–water partition coefficient (Wildman–Crippen LogP) is 3.78. The quantitative estimate of drug-likeness (QED) is 0.903. The Morgan fingerprint density at radius 1 is 1.05 bits per heavy atom. The normalized spacial score (nSPS) is 22.1. The van der Waals surface area contributed by atoms with E-state index in [2.05, 4.69) is 52.7 Å². The second-order valence-electron chi connectivity index (χ2n) is 6.16. The summed E-state index contributed by atoms with van der Waals surface area (Å²) in [5.74, 6) is 1.23. The molecule has 1 aliphatic rings. The summed E-state index contributed by atoms with van der Waals surface area (Å²) in [6.45, 7) is 4.34. The summed E-state index contributed by atoms with van der Waals surface area (Å²) in [6.07, 6.45) is 0. The summed E-state index contributed by atoms with van der Waals surface area (Å²) in [5, 5.41) is 4.17. The Hall–Kier alpha value is -1.35. The van der Waals surface area contributed by atoms with Crippen molar-refractivity contribution in [2.75, 3.05) is 26.7 Å². The maximum absolute atomic E-state index is 6.03. The molecule has 2 atom stereocenters. The van der Waals surface area contributed by atoms with E-state index >= 15 is 0 Å². The third kappa shape index (κ3) is 3.70. The van der Waals surface area contributed by atoms with Crippen LogP contribution in [0.15, 0.2) is 54.6 Å². The number of nitrogens with one attached hydrogen (secondary N) is 1. The maximum atomic E-state index is 6.03. The molecule has 0 bridgehead atoms. The Morgan fingerprint density at radius 2 is 1.77 bits per heavy atom. The van der Waals surface area contributed by atoms with Crippen LogP contribution in [0.2, 0.25) is 5.02 Å². The zero-order valence-electron chi connectivity index (χ0n) is 13.0. The van der Waals surface area contributed by atoms with Crippen molar-refractivity contribution in [2.24, 2.45) is 5.92 Å². The van der Waals surface area contributed by atoms with E-state index in [1.54, 1.807) is 0 Å². The number of nitrogens with zero attached hydrogens (tertiary/aromatic N) is 1. The molecule has 1 aliphatic heterocycles. The molecular formula is C19H23ClN2. The van der Waals surface area contributed by atoms with Crippen LogP contribution in [-0.2, 0) is 6.54 Å². The highest BCUT2D eigenvalue weighted by Gasteiger charge is 2.33. The molecule has 0 radical (unpaired) electrons. The van der Waals surface area contributed by atoms with Crippen LogP contribution in [0.4, 0.5) is 0 Å². The van der Waals surface area contributed by atoms with Gasteiger partial charge in [0, 0.05) is 30.6 Å². The number of rotatable bonds is 5. The lowest BCUT2D eigenvalue weighted by atomic mass is 9.89. The summed E-state index contributed by atoms with van der Waals surface area (Å²) in [4.78, 5) is 2.57. The lowest BCUT2D eigenvalue weighted by molar-refractivity contribution is 0.315. The first-order valence-electron chi connectivity index (χ1n) is 7.92. The van der Waals surface area contributed by atoms with Gasteiger partial charge in [-0.2, -0.15) is 0 Å². The molecule has 1 N–H and O–H groups in total. The molecule has 1 heterocycles. The van der Waals surface area contributed by atoms with Gasteiger partial charge in [-0.25, -0.2) is 0 Å². The summed E-state index contributed by atoms with van der Waals surface area (Å²) in [7, 11) is 2.04. The molecule has 22 heavy (non-hydrogen) atoms. The van der Waals surface area contributed by atoms with E-state index in [-0.39, 0.29) is 0 Å². The second kappa shape index (κ2) is 7.28. The second-order valence-corrected chi connectivity index (χ2v) is 6.59. The summed E-state index contributed by atoms with van der Waals surface area (Å²) in [5.41, 5.74) is 2.79. The van der Waals surface area contributed by atoms with Gasteiger partial charge in [-0.3, -0.25) is 4.90 Å². The molecule has 0 saturated carbocycles. The molecule has 3 heteroatoms. The minimum Gasteiger partial charge on any atom is -0.319 e. The van der Waals surface area contributed by atoms with Gasteiger partial charge in [-0.15, -0.1) is 0 Å². The highest BCUT2D eigenvalue weighted by atomic mass is 35.5. The Morgan fingerprint density at radius 3 is 2.45 bits per heavy atom. The van der Waals surface area contributed by atoms with Crippen molar-refractivity contribution in [2.45, 2.75) is 12.5 Å². The fourth-order valence-corrected chi connectivity index (χ4v) is 3.61. The van der Waals surface area contributed by atoms with Gasteiger partial charge in [0.1, 0.15) is 0 Å². The summed E-state index contributed by atoms with van der Waals surface area (Å²) < 4.78 is 0. The first-order chi connectivity index (χ1) is 10.8. The van der Waals surface area contributed by atoms with Gasteiger partial charge in [0.25, 0.3) is 0 Å². The Kier molecular flexibility index (Phi) is 5.14. The van der Waals surface area contributed by atoms with Crippen molar-refractivity contribution >= 4 is 11.6 Å². The monoisotopic (exact) mass is 314 g/mol. The van der Waals surface area contributed by atoms with E-state index in [1.165, 1.54) is 11.1 Å². The lowest BCUT2D eigenvalue weighted by Gasteiger charge is -2.18. The Labute approximate surface area is 138 Å². The first-order valence-corrected chi connectivity index (χ1v) is 8.30. The summed E-state index contributed by atoms with van der Waals surface area (Å²) >= 11 is 6.03. The molecule has 0 spiro atoms. The van der Waals surface area contributed by atoms with Crippen molar-refractivity contribution in [3.63, 3.8) is 0 Å². The van der Waals surface area contributed by atoms with E-state index in [0.29, 0.717) is 11.8 Å². The molecule has 2 nitrogen and oxygen atoms in total. The van der Waals surface area contributed by atoms with Crippen LogP contribution in [0.5, 0.6) is 0 Å². The maximum Gasteiger partial charge on any atom is 0.0406 e. The smallest absolute Gasteiger partial charge is 0.0406 e. The van der Waals surface area contributed by atoms with E-state index in [9.17, 15) is 0 Å². The minimum atomic E-state index is 0.577. The van der Waals surface area contributed by atoms with Crippen LogP contribution in [-0.4, -0.2) is 31.6 Å². The fourth-order valence-electron chi connectivity index (χ4n) is 3.49. The van der Waals surface area contributed by atoms with Crippen LogP contribution >= 0.6 is 11.6 Å². The van der Waals surface area contributed by atoms with Crippen LogP contribution in [0.3, 0.4) is 0 Å². The number of likely N-dealkylation sites (tertiary alicyclic amines) is 1. The van der Waals surface area contributed by atoms with E-state index < -0.39 is 0 Å². The van der Waals surface area contributed by atoms with Gasteiger partial charge in [0.2, 0.25) is 0 Å². The van der Waals surface area contributed by atoms with E-state index in [1.807, 2.05) is 19.2 Å². The largest absolute Gasteiger partial charge is 0.319 e. The molecule has 0 aromatic heterocycles. The summed E-state index contributed by atoms with van der Waals surface area (Å²) in [6, 6.07) is 19.1. The highest BCUT2D eigenvalue weighted by Crippen LogP contribution is 2.33. The first kappa shape index (κ1) is 15.5. The van der Waals surface area contributed by atoms with Crippen LogP contribution in [0, 0.1) is 5.92 Å². The molecule has 0 aliphatic carbocycles. The van der Waals surface area contributed by atoms with Gasteiger partial charge < -0.3 is 5.32 Å². The van der Waals surface area contributed by atoms with E-state index in [4.69, 9.17) is 11.6 Å². The SMILES string of the molecule is CNC[C@H]1CN(Cc2ccccc2)C[C@@H]1c1ccc(Cl)cc1. The van der Waals surface area contributed by atoms with Crippen LogP contribution < -0.4 is 5.32 Å². The molecule has 2 aromatic carbocycles. The third-order valence-electron chi connectivity index (χ3n) is 4.53. The average Bonchev–Trinajstić information content (AvgIpc) is 2.92. The fraction of sp³-hybridized carbons (Fsp3) is 0.368. The van der Waals surface area contributed by atoms with Gasteiger partial charge >= 0.3 is 0 Å². The number of halogens is 1. The van der Waals surface area contributed by atoms with Crippen molar-refractivity contribution in [1.29, 1.82) is 0 Å².